The van der Waals surface area contributed by atoms with E-state index < -0.39 is 52.4 Å². The van der Waals surface area contributed by atoms with E-state index in [2.05, 4.69) is 0 Å². The highest BCUT2D eigenvalue weighted by Gasteiger charge is 2.26. The van der Waals surface area contributed by atoms with E-state index >= 15 is 0 Å². The Kier molecular flexibility index (Phi) is 10.1. The van der Waals surface area contributed by atoms with E-state index in [1.54, 1.807) is 12.1 Å². The first kappa shape index (κ1) is 30.3. The van der Waals surface area contributed by atoms with Gasteiger partial charge in [-0.25, -0.2) is 9.59 Å². The third-order valence-electron chi connectivity index (χ3n) is 5.23. The highest BCUT2D eigenvalue weighted by Crippen LogP contribution is 2.24. The summed E-state index contributed by atoms with van der Waals surface area (Å²) >= 11 is 0. The maximum Gasteiger partial charge on any atom is 0.389 e. The van der Waals surface area contributed by atoms with E-state index in [9.17, 15) is 43.0 Å². The molecule has 0 unspecified atom stereocenters. The number of nitro groups is 2. The van der Waals surface area contributed by atoms with E-state index in [1.165, 1.54) is 42.5 Å². The Bertz CT molecular complexity index is 1410. The molecule has 0 N–H and O–H groups in total. The lowest BCUT2D eigenvalue weighted by molar-refractivity contribution is -0.394. The molecule has 0 atom stereocenters. The molecule has 14 heteroatoms. The van der Waals surface area contributed by atoms with Crippen molar-refractivity contribution in [3.05, 3.63) is 110 Å². The molecule has 0 spiro atoms. The van der Waals surface area contributed by atoms with Gasteiger partial charge in [0.15, 0.2) is 0 Å². The van der Waals surface area contributed by atoms with Crippen LogP contribution in [0.3, 0.4) is 0 Å². The minimum Gasteiger partial charge on any atom is -0.494 e. The normalized spacial score (nSPS) is 11.2. The molecule has 0 aliphatic carbocycles. The Balaban J connectivity index is 1.49. The summed E-state index contributed by atoms with van der Waals surface area (Å²) in [6.07, 6.45) is -2.90. The van der Waals surface area contributed by atoms with Crippen LogP contribution < -0.4 is 9.47 Å². The predicted octanol–water partition coefficient (Wildman–Crippen LogP) is 6.20. The molecule has 0 amide bonds. The van der Waals surface area contributed by atoms with E-state index in [-0.39, 0.29) is 29.9 Å². The Morgan fingerprint density at radius 3 is 2.00 bits per heavy atom. The zero-order chi connectivity index (χ0) is 30.0. The summed E-state index contributed by atoms with van der Waals surface area (Å²) in [7, 11) is 0. The third kappa shape index (κ3) is 10.1. The average Bonchev–Trinajstić information content (AvgIpc) is 2.93. The number of nitrogens with zero attached hydrogens (tertiary/aromatic N) is 2. The van der Waals surface area contributed by atoms with Gasteiger partial charge in [-0.05, 0) is 54.5 Å². The fraction of sp³-hybridized carbons (Fsp3) is 0.185. The number of nitro benzene ring substituents is 2. The van der Waals surface area contributed by atoms with Crippen molar-refractivity contribution in [2.24, 2.45) is 0 Å². The number of esters is 2. The van der Waals surface area contributed by atoms with Gasteiger partial charge in [0.25, 0.3) is 11.4 Å². The van der Waals surface area contributed by atoms with Gasteiger partial charge in [0.2, 0.25) is 0 Å². The van der Waals surface area contributed by atoms with Crippen molar-refractivity contribution in [3.8, 4) is 11.5 Å². The number of benzene rings is 3. The zero-order valence-corrected chi connectivity index (χ0v) is 21.0. The molecule has 0 bridgehead atoms. The van der Waals surface area contributed by atoms with Crippen LogP contribution in [-0.2, 0) is 16.1 Å². The SMILES string of the molecule is O=C(/C=C/c1ccc(OC(=O)c2ccc(OCCCC(F)(F)F)cc2)cc1)OCc1cc([N+](=O)[O-])cc([N+](=O)[O-])c1. The van der Waals surface area contributed by atoms with Crippen LogP contribution in [0.1, 0.15) is 34.3 Å². The fourth-order valence-electron chi connectivity index (χ4n) is 3.28. The van der Waals surface area contributed by atoms with Crippen molar-refractivity contribution in [2.75, 3.05) is 6.61 Å². The summed E-state index contributed by atoms with van der Waals surface area (Å²) in [6, 6.07) is 14.7. The first-order chi connectivity index (χ1) is 19.4. The number of carbonyl (C=O) groups excluding carboxylic acids is 2. The lowest BCUT2D eigenvalue weighted by Crippen LogP contribution is -2.10. The van der Waals surface area contributed by atoms with Gasteiger partial charge >= 0.3 is 18.1 Å². The van der Waals surface area contributed by atoms with Crippen LogP contribution in [0.4, 0.5) is 24.5 Å². The molecule has 0 saturated carbocycles. The van der Waals surface area contributed by atoms with Crippen LogP contribution in [-0.4, -0.2) is 34.6 Å². The van der Waals surface area contributed by atoms with Crippen molar-refractivity contribution in [2.45, 2.75) is 25.6 Å². The molecule has 214 valence electrons. The van der Waals surface area contributed by atoms with Gasteiger partial charge in [-0.2, -0.15) is 13.2 Å². The standard InChI is InChI=1S/C27H21F3N2O9/c28-27(29,30)12-1-13-39-23-9-5-20(6-10-23)26(34)41-24-7-2-18(3-8-24)4-11-25(33)40-17-19-14-21(31(35)36)16-22(15-19)32(37)38/h2-11,14-16H,1,12-13,17H2/b11-4+. The van der Waals surface area contributed by atoms with Gasteiger partial charge in [0, 0.05) is 30.2 Å². The summed E-state index contributed by atoms with van der Waals surface area (Å²) in [5.41, 5.74) is -0.216. The third-order valence-corrected chi connectivity index (χ3v) is 5.23. The summed E-state index contributed by atoms with van der Waals surface area (Å²) in [4.78, 5) is 44.7. The highest BCUT2D eigenvalue weighted by molar-refractivity contribution is 5.91. The number of non-ortho nitro benzene ring substituents is 2. The van der Waals surface area contributed by atoms with E-state index in [4.69, 9.17) is 14.2 Å². The quantitative estimate of drug-likeness (QED) is 0.0615. The number of rotatable bonds is 12. The average molecular weight is 574 g/mol. The number of ether oxygens (including phenoxy) is 3. The molecule has 11 nitrogen and oxygen atoms in total. The Hall–Kier alpha value is -5.27. The fourth-order valence-corrected chi connectivity index (χ4v) is 3.28. The lowest BCUT2D eigenvalue weighted by atomic mass is 10.2. The maximum absolute atomic E-state index is 12.4. The van der Waals surface area contributed by atoms with Gasteiger partial charge < -0.3 is 14.2 Å². The van der Waals surface area contributed by atoms with E-state index in [0.29, 0.717) is 11.3 Å². The van der Waals surface area contributed by atoms with Crippen molar-refractivity contribution in [3.63, 3.8) is 0 Å². The molecule has 0 fully saturated rings. The second-order valence-corrected chi connectivity index (χ2v) is 8.36. The molecule has 3 aromatic carbocycles. The zero-order valence-electron chi connectivity index (χ0n) is 21.0. The van der Waals surface area contributed by atoms with Crippen molar-refractivity contribution < 1.29 is 46.8 Å². The molecule has 41 heavy (non-hydrogen) atoms. The minimum absolute atomic E-state index is 0.0712. The first-order valence-electron chi connectivity index (χ1n) is 11.8. The lowest BCUT2D eigenvalue weighted by Gasteiger charge is -2.09. The van der Waals surface area contributed by atoms with Crippen molar-refractivity contribution >= 4 is 29.4 Å². The van der Waals surface area contributed by atoms with Crippen molar-refractivity contribution in [1.82, 2.24) is 0 Å². The first-order valence-corrected chi connectivity index (χ1v) is 11.8. The number of halogens is 3. The van der Waals surface area contributed by atoms with Gasteiger partial charge in [0.1, 0.15) is 18.1 Å². The summed E-state index contributed by atoms with van der Waals surface area (Å²) < 4.78 is 52.0. The van der Waals surface area contributed by atoms with Gasteiger partial charge in [-0.15, -0.1) is 0 Å². The topological polar surface area (TPSA) is 148 Å². The van der Waals surface area contributed by atoms with E-state index in [1.807, 2.05) is 0 Å². The second kappa shape index (κ2) is 13.7. The van der Waals surface area contributed by atoms with Crippen molar-refractivity contribution in [1.29, 1.82) is 0 Å². The highest BCUT2D eigenvalue weighted by atomic mass is 19.4. The number of hydrogen-bond donors (Lipinski definition) is 0. The Morgan fingerprint density at radius 1 is 0.854 bits per heavy atom. The summed E-state index contributed by atoms with van der Waals surface area (Å²) in [6.45, 7) is -0.545. The smallest absolute Gasteiger partial charge is 0.389 e. The summed E-state index contributed by atoms with van der Waals surface area (Å²) in [5.74, 6) is -0.969. The Labute approximate surface area is 230 Å². The second-order valence-electron chi connectivity index (χ2n) is 8.36. The summed E-state index contributed by atoms with van der Waals surface area (Å²) in [5, 5.41) is 21.9. The van der Waals surface area contributed by atoms with Crippen LogP contribution in [0, 0.1) is 20.2 Å². The number of carbonyl (C=O) groups is 2. The van der Waals surface area contributed by atoms with Gasteiger partial charge in [-0.3, -0.25) is 20.2 Å². The van der Waals surface area contributed by atoms with Crippen LogP contribution in [0.5, 0.6) is 11.5 Å². The Morgan fingerprint density at radius 2 is 1.44 bits per heavy atom. The maximum atomic E-state index is 12.4. The molecule has 0 aromatic heterocycles. The molecule has 3 rings (SSSR count). The molecule has 0 radical (unpaired) electrons. The molecule has 0 saturated heterocycles. The molecule has 0 aliphatic rings. The van der Waals surface area contributed by atoms with Crippen LogP contribution in [0.25, 0.3) is 6.08 Å². The molecule has 3 aromatic rings. The van der Waals surface area contributed by atoms with Gasteiger partial charge in [-0.1, -0.05) is 12.1 Å². The van der Waals surface area contributed by atoms with Crippen LogP contribution in [0.15, 0.2) is 72.8 Å². The largest absolute Gasteiger partial charge is 0.494 e. The number of hydrogen-bond acceptors (Lipinski definition) is 9. The predicted molar refractivity (Wildman–Crippen MR) is 137 cm³/mol. The van der Waals surface area contributed by atoms with Crippen LogP contribution in [0.2, 0.25) is 0 Å². The molecule has 0 heterocycles. The molecular formula is C27H21F3N2O9. The van der Waals surface area contributed by atoms with E-state index in [0.717, 1.165) is 24.3 Å². The van der Waals surface area contributed by atoms with Gasteiger partial charge in [0.05, 0.1) is 28.1 Å². The minimum atomic E-state index is -4.25. The number of alkyl halides is 3. The van der Waals surface area contributed by atoms with Crippen LogP contribution >= 0.6 is 0 Å². The molecular weight excluding hydrogens is 553 g/mol. The molecule has 0 aliphatic heterocycles. The monoisotopic (exact) mass is 574 g/mol.